The maximum absolute atomic E-state index is 14.5. The first-order valence-corrected chi connectivity index (χ1v) is 17.0. The van der Waals surface area contributed by atoms with Gasteiger partial charge in [0.15, 0.2) is 0 Å². The van der Waals surface area contributed by atoms with Gasteiger partial charge in [-0.1, -0.05) is 52.7 Å². The Labute approximate surface area is 272 Å². The van der Waals surface area contributed by atoms with Crippen molar-refractivity contribution in [3.8, 4) is 5.75 Å². The Morgan fingerprint density at radius 1 is 1.13 bits per heavy atom. The van der Waals surface area contributed by atoms with E-state index in [0.29, 0.717) is 43.9 Å². The number of carboxylic acid groups (broad SMARTS) is 1. The summed E-state index contributed by atoms with van der Waals surface area (Å²) in [4.78, 5) is 46.3. The molecule has 3 heterocycles. The minimum absolute atomic E-state index is 0.0405. The molecule has 1 N–H and O–H groups in total. The van der Waals surface area contributed by atoms with E-state index in [2.05, 4.69) is 19.9 Å². The predicted molar refractivity (Wildman–Crippen MR) is 177 cm³/mol. The Kier molecular flexibility index (Phi) is 10.4. The third-order valence-corrected chi connectivity index (χ3v) is 10.4. The molecule has 3 atom stereocenters. The number of likely N-dealkylation sites (tertiary alicyclic amines) is 2. The summed E-state index contributed by atoms with van der Waals surface area (Å²) < 4.78 is 20.0. The number of halogens is 1. The SMILES string of the molecule is CCCC(CCC)N(C(=O)CN1C[C@H](c2ccc3c(c2)CCO3)C(C(=O)O)[C@@H]1CCN1CCC(C)(C)C1=O)c1ccc(F)c(C)c1. The van der Waals surface area contributed by atoms with Crippen LogP contribution in [0, 0.1) is 24.1 Å². The van der Waals surface area contributed by atoms with Crippen molar-refractivity contribution in [2.45, 2.75) is 97.6 Å². The van der Waals surface area contributed by atoms with Crippen LogP contribution in [-0.4, -0.2) is 77.6 Å². The monoisotopic (exact) mass is 635 g/mol. The molecule has 0 radical (unpaired) electrons. The van der Waals surface area contributed by atoms with Gasteiger partial charge in [-0.15, -0.1) is 0 Å². The second-order valence-corrected chi connectivity index (χ2v) is 14.1. The van der Waals surface area contributed by atoms with Crippen molar-refractivity contribution >= 4 is 23.5 Å². The summed E-state index contributed by atoms with van der Waals surface area (Å²) in [5.74, 6) is -1.46. The number of rotatable bonds is 13. The molecular weight excluding hydrogens is 585 g/mol. The highest BCUT2D eigenvalue weighted by atomic mass is 19.1. The van der Waals surface area contributed by atoms with E-state index in [9.17, 15) is 23.9 Å². The Balaban J connectivity index is 1.48. The van der Waals surface area contributed by atoms with Crippen LogP contribution in [0.2, 0.25) is 0 Å². The molecule has 0 saturated carbocycles. The smallest absolute Gasteiger partial charge is 0.308 e. The van der Waals surface area contributed by atoms with E-state index < -0.39 is 23.3 Å². The lowest BCUT2D eigenvalue weighted by Gasteiger charge is -2.35. The molecule has 0 spiro atoms. The van der Waals surface area contributed by atoms with Crippen molar-refractivity contribution in [2.75, 3.05) is 37.7 Å². The molecule has 2 saturated heterocycles. The van der Waals surface area contributed by atoms with Gasteiger partial charge in [0.05, 0.1) is 19.1 Å². The van der Waals surface area contributed by atoms with E-state index in [-0.39, 0.29) is 36.1 Å². The summed E-state index contributed by atoms with van der Waals surface area (Å²) in [6.07, 6.45) is 5.42. The highest BCUT2D eigenvalue weighted by molar-refractivity contribution is 5.95. The molecule has 0 aliphatic carbocycles. The number of aryl methyl sites for hydroxylation is 1. The standard InChI is InChI=1S/C37H50FN3O5/c1-6-8-27(9-7-2)41(28-11-12-30(38)24(3)20-28)33(42)23-40-22-29(25-10-13-32-26(21-25)15-19-46-32)34(35(43)44)31(40)14-17-39-18-16-37(4,5)36(39)45/h10-13,20-21,27,29,31,34H,6-9,14-19,22-23H2,1-5H3,(H,43,44)/t29-,31+,34?/m1/s1. The number of hydrogen-bond donors (Lipinski definition) is 1. The highest BCUT2D eigenvalue weighted by Gasteiger charge is 2.48. The molecule has 0 bridgehead atoms. The average Bonchev–Trinajstić information content (AvgIpc) is 3.69. The van der Waals surface area contributed by atoms with Gasteiger partial charge in [-0.25, -0.2) is 4.39 Å². The first kappa shape index (κ1) is 33.9. The summed E-state index contributed by atoms with van der Waals surface area (Å²) in [7, 11) is 0. The van der Waals surface area contributed by atoms with Crippen LogP contribution in [-0.2, 0) is 20.8 Å². The molecule has 250 valence electrons. The fourth-order valence-corrected chi connectivity index (χ4v) is 7.84. The molecule has 1 unspecified atom stereocenters. The van der Waals surface area contributed by atoms with Gasteiger partial charge in [-0.2, -0.15) is 0 Å². The van der Waals surface area contributed by atoms with Gasteiger partial charge in [0.1, 0.15) is 11.6 Å². The topological polar surface area (TPSA) is 90.4 Å². The number of fused-ring (bicyclic) bond motifs is 1. The Bertz CT molecular complexity index is 1440. The molecule has 46 heavy (non-hydrogen) atoms. The zero-order valence-corrected chi connectivity index (χ0v) is 28.1. The van der Waals surface area contributed by atoms with Crippen LogP contribution in [0.4, 0.5) is 10.1 Å². The number of benzene rings is 2. The van der Waals surface area contributed by atoms with E-state index in [1.54, 1.807) is 19.1 Å². The average molecular weight is 636 g/mol. The van der Waals surface area contributed by atoms with Crippen molar-refractivity contribution in [3.63, 3.8) is 0 Å². The van der Waals surface area contributed by atoms with Crippen molar-refractivity contribution in [1.82, 2.24) is 9.80 Å². The third kappa shape index (κ3) is 6.94. The Morgan fingerprint density at radius 2 is 1.87 bits per heavy atom. The second kappa shape index (κ2) is 14.1. The van der Waals surface area contributed by atoms with Crippen LogP contribution in [0.5, 0.6) is 5.75 Å². The minimum atomic E-state index is -0.893. The fraction of sp³-hybridized carbons (Fsp3) is 0.595. The van der Waals surface area contributed by atoms with E-state index in [1.165, 1.54) is 6.07 Å². The molecule has 3 aliphatic heterocycles. The summed E-state index contributed by atoms with van der Waals surface area (Å²) in [6.45, 7) is 12.0. The molecule has 8 nitrogen and oxygen atoms in total. The van der Waals surface area contributed by atoms with Gasteiger partial charge in [0.2, 0.25) is 11.8 Å². The molecular formula is C37H50FN3O5. The molecule has 5 rings (SSSR count). The van der Waals surface area contributed by atoms with Gasteiger partial charge < -0.3 is 19.6 Å². The number of carbonyl (C=O) groups is 3. The second-order valence-electron chi connectivity index (χ2n) is 14.1. The van der Waals surface area contributed by atoms with Gasteiger partial charge in [0, 0.05) is 55.2 Å². The summed E-state index contributed by atoms with van der Waals surface area (Å²) in [5.41, 5.74) is 2.74. The number of ether oxygens (including phenoxy) is 1. The quantitative estimate of drug-likeness (QED) is 0.283. The molecule has 3 aliphatic rings. The van der Waals surface area contributed by atoms with Crippen molar-refractivity contribution in [3.05, 3.63) is 58.9 Å². The lowest BCUT2D eigenvalue weighted by molar-refractivity contribution is -0.143. The number of carboxylic acids is 1. The first-order valence-electron chi connectivity index (χ1n) is 17.0. The van der Waals surface area contributed by atoms with Crippen molar-refractivity contribution in [1.29, 1.82) is 0 Å². The molecule has 2 aromatic rings. The number of amides is 2. The fourth-order valence-electron chi connectivity index (χ4n) is 7.84. The van der Waals surface area contributed by atoms with Gasteiger partial charge in [-0.3, -0.25) is 19.3 Å². The van der Waals surface area contributed by atoms with Crippen LogP contribution < -0.4 is 9.64 Å². The summed E-state index contributed by atoms with van der Waals surface area (Å²) in [5, 5.41) is 10.7. The van der Waals surface area contributed by atoms with Crippen LogP contribution in [0.15, 0.2) is 36.4 Å². The lowest BCUT2D eigenvalue weighted by Crippen LogP contribution is -2.48. The molecule has 2 aromatic carbocycles. The van der Waals surface area contributed by atoms with Gasteiger partial charge >= 0.3 is 5.97 Å². The van der Waals surface area contributed by atoms with Crippen molar-refractivity contribution < 1.29 is 28.6 Å². The molecule has 2 amide bonds. The predicted octanol–water partition coefficient (Wildman–Crippen LogP) is 6.19. The van der Waals surface area contributed by atoms with Gasteiger partial charge in [0.25, 0.3) is 0 Å². The lowest BCUT2D eigenvalue weighted by atomic mass is 9.83. The number of hydrogen-bond acceptors (Lipinski definition) is 5. The summed E-state index contributed by atoms with van der Waals surface area (Å²) in [6, 6.07) is 10.3. The number of nitrogens with zero attached hydrogens (tertiary/aromatic N) is 3. The molecule has 0 aromatic heterocycles. The maximum Gasteiger partial charge on any atom is 0.308 e. The summed E-state index contributed by atoms with van der Waals surface area (Å²) >= 11 is 0. The van der Waals surface area contributed by atoms with E-state index >= 15 is 0 Å². The zero-order chi connectivity index (χ0) is 33.2. The van der Waals surface area contributed by atoms with Crippen LogP contribution in [0.3, 0.4) is 0 Å². The first-order chi connectivity index (χ1) is 21.9. The Morgan fingerprint density at radius 3 is 2.50 bits per heavy atom. The minimum Gasteiger partial charge on any atom is -0.493 e. The Hall–Kier alpha value is -3.46. The molecule has 2 fully saturated rings. The highest BCUT2D eigenvalue weighted by Crippen LogP contribution is 2.42. The normalized spacial score (nSPS) is 22.4. The third-order valence-electron chi connectivity index (χ3n) is 10.4. The molecule has 9 heteroatoms. The van der Waals surface area contributed by atoms with Crippen LogP contribution in [0.25, 0.3) is 0 Å². The van der Waals surface area contributed by atoms with Crippen molar-refractivity contribution in [2.24, 2.45) is 11.3 Å². The zero-order valence-electron chi connectivity index (χ0n) is 28.1. The van der Waals surface area contributed by atoms with Gasteiger partial charge in [-0.05, 0) is 73.6 Å². The van der Waals surface area contributed by atoms with Crippen LogP contribution in [0.1, 0.15) is 88.8 Å². The van der Waals surface area contributed by atoms with E-state index in [4.69, 9.17) is 4.74 Å². The van der Waals surface area contributed by atoms with Crippen LogP contribution >= 0.6 is 0 Å². The number of aliphatic carboxylic acids is 1. The van der Waals surface area contributed by atoms with E-state index in [1.807, 2.05) is 40.7 Å². The number of anilines is 1. The van der Waals surface area contributed by atoms with E-state index in [0.717, 1.165) is 55.4 Å². The largest absolute Gasteiger partial charge is 0.493 e. The maximum atomic E-state index is 14.5. The number of carbonyl (C=O) groups excluding carboxylic acids is 2.